The highest BCUT2D eigenvalue weighted by Crippen LogP contribution is 2.35. The highest BCUT2D eigenvalue weighted by molar-refractivity contribution is 5.68. The van der Waals surface area contributed by atoms with Gasteiger partial charge in [0.25, 0.3) is 0 Å². The molecule has 1 aliphatic rings. The van der Waals surface area contributed by atoms with E-state index in [0.717, 1.165) is 19.4 Å². The van der Waals surface area contributed by atoms with Crippen molar-refractivity contribution in [3.05, 3.63) is 36.2 Å². The molecule has 0 saturated carbocycles. The highest BCUT2D eigenvalue weighted by atomic mass is 16.7. The predicted molar refractivity (Wildman–Crippen MR) is 117 cm³/mol. The zero-order valence-corrected chi connectivity index (χ0v) is 20.0. The van der Waals surface area contributed by atoms with Crippen LogP contribution in [0.25, 0.3) is 11.4 Å². The summed E-state index contributed by atoms with van der Waals surface area (Å²) in [5, 5.41) is 4.52. The minimum atomic E-state index is -1.29. The molecule has 0 unspecified atom stereocenters. The van der Waals surface area contributed by atoms with Crippen LogP contribution in [0.15, 0.2) is 30.3 Å². The van der Waals surface area contributed by atoms with Gasteiger partial charge in [0.15, 0.2) is 30.4 Å². The van der Waals surface area contributed by atoms with Gasteiger partial charge in [-0.15, -0.1) is 5.10 Å². The van der Waals surface area contributed by atoms with Crippen LogP contribution in [0.4, 0.5) is 0 Å². The molecule has 12 nitrogen and oxygen atoms in total. The third-order valence-electron chi connectivity index (χ3n) is 5.04. The lowest BCUT2D eigenvalue weighted by Gasteiger charge is -2.44. The van der Waals surface area contributed by atoms with Gasteiger partial charge in [-0.1, -0.05) is 30.3 Å². The Morgan fingerprint density at radius 1 is 0.857 bits per heavy atom. The van der Waals surface area contributed by atoms with Crippen molar-refractivity contribution in [3.8, 4) is 11.4 Å². The molecular formula is C23H27N3O9. The number of carbonyl (C=O) groups excluding carboxylic acids is 4. The molecule has 1 saturated heterocycles. The number of esters is 4. The molecule has 1 aromatic heterocycles. The SMILES string of the molecule is CC(=O)OC[C@H]1O[C@@H](n2nc(-c3ccccc3)nc2C)[C@H](OC(C)=O)[C@@H](OC(C)=O)[C@@H]1OC(C)=O. The van der Waals surface area contributed by atoms with Gasteiger partial charge in [-0.2, -0.15) is 0 Å². The summed E-state index contributed by atoms with van der Waals surface area (Å²) in [6.45, 7) is 6.06. The first-order valence-electron chi connectivity index (χ1n) is 10.9. The van der Waals surface area contributed by atoms with Gasteiger partial charge in [-0.25, -0.2) is 9.67 Å². The molecule has 0 aliphatic carbocycles. The maximum absolute atomic E-state index is 12.0. The molecule has 0 spiro atoms. The maximum atomic E-state index is 12.0. The van der Waals surface area contributed by atoms with E-state index in [1.807, 2.05) is 30.3 Å². The Labute approximate surface area is 201 Å². The summed E-state index contributed by atoms with van der Waals surface area (Å²) in [4.78, 5) is 51.8. The molecule has 12 heteroatoms. The van der Waals surface area contributed by atoms with Crippen molar-refractivity contribution in [2.45, 2.75) is 65.3 Å². The smallest absolute Gasteiger partial charge is 0.303 e. The lowest BCUT2D eigenvalue weighted by atomic mass is 9.97. The number of rotatable bonds is 7. The molecule has 2 heterocycles. The fraction of sp³-hybridized carbons (Fsp3) is 0.478. The number of benzene rings is 1. The second kappa shape index (κ2) is 11.1. The van der Waals surface area contributed by atoms with Crippen LogP contribution < -0.4 is 0 Å². The Hall–Kier alpha value is -3.80. The monoisotopic (exact) mass is 489 g/mol. The van der Waals surface area contributed by atoms with Crippen LogP contribution in [-0.2, 0) is 42.9 Å². The van der Waals surface area contributed by atoms with Gasteiger partial charge < -0.3 is 23.7 Å². The summed E-state index contributed by atoms with van der Waals surface area (Å²) >= 11 is 0. The Morgan fingerprint density at radius 3 is 2.00 bits per heavy atom. The van der Waals surface area contributed by atoms with Gasteiger partial charge in [0.05, 0.1) is 0 Å². The molecule has 1 aliphatic heterocycles. The lowest BCUT2D eigenvalue weighted by Crippen LogP contribution is -2.60. The minimum absolute atomic E-state index is 0.326. The number of hydrogen-bond acceptors (Lipinski definition) is 11. The van der Waals surface area contributed by atoms with E-state index in [9.17, 15) is 19.2 Å². The van der Waals surface area contributed by atoms with Gasteiger partial charge in [-0.05, 0) is 6.92 Å². The van der Waals surface area contributed by atoms with E-state index in [2.05, 4.69) is 10.1 Å². The summed E-state index contributed by atoms with van der Waals surface area (Å²) in [5.41, 5.74) is 0.736. The van der Waals surface area contributed by atoms with Crippen molar-refractivity contribution in [1.29, 1.82) is 0 Å². The van der Waals surface area contributed by atoms with E-state index in [0.29, 0.717) is 11.6 Å². The molecule has 3 rings (SSSR count). The zero-order chi connectivity index (χ0) is 25.7. The number of aromatic nitrogens is 3. The lowest BCUT2D eigenvalue weighted by molar-refractivity contribution is -0.270. The number of hydrogen-bond donors (Lipinski definition) is 0. The van der Waals surface area contributed by atoms with Crippen LogP contribution >= 0.6 is 0 Å². The van der Waals surface area contributed by atoms with Crippen molar-refractivity contribution < 1.29 is 42.9 Å². The summed E-state index contributed by atoms with van der Waals surface area (Å²) in [6.07, 6.45) is -6.02. The minimum Gasteiger partial charge on any atom is -0.463 e. The average Bonchev–Trinajstić information content (AvgIpc) is 3.16. The number of carbonyl (C=O) groups is 4. The topological polar surface area (TPSA) is 145 Å². The summed E-state index contributed by atoms with van der Waals surface area (Å²) < 4.78 is 29.0. The van der Waals surface area contributed by atoms with Crippen molar-refractivity contribution in [1.82, 2.24) is 14.8 Å². The van der Waals surface area contributed by atoms with Crippen molar-refractivity contribution in [2.75, 3.05) is 6.61 Å². The number of ether oxygens (including phenoxy) is 5. The fourth-order valence-electron chi connectivity index (χ4n) is 3.75. The Morgan fingerprint density at radius 2 is 1.43 bits per heavy atom. The van der Waals surface area contributed by atoms with Crippen LogP contribution in [0, 0.1) is 6.92 Å². The first kappa shape index (κ1) is 25.8. The van der Waals surface area contributed by atoms with Crippen LogP contribution in [0.5, 0.6) is 0 Å². The molecule has 1 aromatic carbocycles. The summed E-state index contributed by atoms with van der Waals surface area (Å²) in [6, 6.07) is 9.17. The molecule has 35 heavy (non-hydrogen) atoms. The Balaban J connectivity index is 2.09. The molecule has 0 amide bonds. The second-order valence-corrected chi connectivity index (χ2v) is 7.88. The van der Waals surface area contributed by atoms with E-state index in [-0.39, 0.29) is 6.61 Å². The third-order valence-corrected chi connectivity index (χ3v) is 5.04. The van der Waals surface area contributed by atoms with Crippen LogP contribution in [-0.4, -0.2) is 69.7 Å². The largest absolute Gasteiger partial charge is 0.463 e. The number of nitrogens with zero attached hydrogens (tertiary/aromatic N) is 3. The van der Waals surface area contributed by atoms with Crippen LogP contribution in [0.3, 0.4) is 0 Å². The van der Waals surface area contributed by atoms with Crippen molar-refractivity contribution in [2.24, 2.45) is 0 Å². The van der Waals surface area contributed by atoms with Crippen molar-refractivity contribution in [3.63, 3.8) is 0 Å². The third kappa shape index (κ3) is 6.41. The van der Waals surface area contributed by atoms with E-state index in [4.69, 9.17) is 23.7 Å². The Bertz CT molecular complexity index is 1090. The highest BCUT2D eigenvalue weighted by Gasteiger charge is 2.53. The van der Waals surface area contributed by atoms with Gasteiger partial charge in [0.1, 0.15) is 18.5 Å². The molecule has 1 fully saturated rings. The second-order valence-electron chi connectivity index (χ2n) is 7.88. The molecule has 188 valence electrons. The predicted octanol–water partition coefficient (Wildman–Crippen LogP) is 1.51. The van der Waals surface area contributed by atoms with Crippen LogP contribution in [0.1, 0.15) is 39.7 Å². The van der Waals surface area contributed by atoms with Gasteiger partial charge in [-0.3, -0.25) is 19.2 Å². The molecular weight excluding hydrogens is 462 g/mol. The standard InChI is InChI=1S/C23H27N3O9/c1-12-24-22(17-9-7-6-8-10-17)25-26(12)23-21(34-16(5)30)20(33-15(4)29)19(32-14(3)28)18(35-23)11-31-13(2)27/h6-10,18-21,23H,11H2,1-5H3/t18-,19-,20+,21-,23-/m1/s1. The maximum Gasteiger partial charge on any atom is 0.303 e. The zero-order valence-electron chi connectivity index (χ0n) is 20.0. The fourth-order valence-corrected chi connectivity index (χ4v) is 3.75. The molecule has 2 aromatic rings. The summed E-state index contributed by atoms with van der Waals surface area (Å²) in [5.74, 6) is -1.91. The van der Waals surface area contributed by atoms with E-state index < -0.39 is 54.5 Å². The van der Waals surface area contributed by atoms with Gasteiger partial charge in [0.2, 0.25) is 0 Å². The van der Waals surface area contributed by atoms with Crippen LogP contribution in [0.2, 0.25) is 0 Å². The first-order chi connectivity index (χ1) is 16.6. The quantitative estimate of drug-likeness (QED) is 0.412. The number of aryl methyl sites for hydroxylation is 1. The van der Waals surface area contributed by atoms with E-state index in [1.54, 1.807) is 6.92 Å². The van der Waals surface area contributed by atoms with E-state index >= 15 is 0 Å². The molecule has 0 N–H and O–H groups in total. The average molecular weight is 489 g/mol. The Kier molecular flexibility index (Phi) is 8.18. The molecule has 5 atom stereocenters. The normalized spacial score (nSPS) is 23.7. The van der Waals surface area contributed by atoms with Gasteiger partial charge >= 0.3 is 23.9 Å². The first-order valence-corrected chi connectivity index (χ1v) is 10.9. The summed E-state index contributed by atoms with van der Waals surface area (Å²) in [7, 11) is 0. The van der Waals surface area contributed by atoms with E-state index in [1.165, 1.54) is 18.5 Å². The molecule has 0 radical (unpaired) electrons. The van der Waals surface area contributed by atoms with Crippen molar-refractivity contribution >= 4 is 23.9 Å². The molecule has 0 bridgehead atoms. The van der Waals surface area contributed by atoms with Gasteiger partial charge in [0, 0.05) is 33.3 Å².